The fraction of sp³-hybridized carbons (Fsp3) is 0.647. The summed E-state index contributed by atoms with van der Waals surface area (Å²) in [5.41, 5.74) is 1.35. The lowest BCUT2D eigenvalue weighted by Gasteiger charge is -2.48. The lowest BCUT2D eigenvalue weighted by Crippen LogP contribution is -2.49. The van der Waals surface area contributed by atoms with Gasteiger partial charge in [0.2, 0.25) is 0 Å². The number of rotatable bonds is 5. The average molecular weight is 307 g/mol. The van der Waals surface area contributed by atoms with Crippen LogP contribution in [0.2, 0.25) is 0 Å². The first-order chi connectivity index (χ1) is 10.1. The van der Waals surface area contributed by atoms with Gasteiger partial charge in [-0.2, -0.15) is 0 Å². The van der Waals surface area contributed by atoms with Gasteiger partial charge in [-0.05, 0) is 38.3 Å². The van der Waals surface area contributed by atoms with E-state index < -0.39 is 10.8 Å². The van der Waals surface area contributed by atoms with Crippen molar-refractivity contribution in [1.82, 2.24) is 5.32 Å². The summed E-state index contributed by atoms with van der Waals surface area (Å²) in [4.78, 5) is 0. The number of hydrogen-bond acceptors (Lipinski definition) is 3. The molecule has 0 bridgehead atoms. The minimum absolute atomic E-state index is 0.0746. The van der Waals surface area contributed by atoms with Gasteiger partial charge in [-0.25, -0.2) is 0 Å². The van der Waals surface area contributed by atoms with Gasteiger partial charge in [0.1, 0.15) is 11.4 Å². The summed E-state index contributed by atoms with van der Waals surface area (Å²) in [6, 6.07) is 8.76. The van der Waals surface area contributed by atoms with Crippen molar-refractivity contribution in [2.75, 3.05) is 12.8 Å². The highest BCUT2D eigenvalue weighted by molar-refractivity contribution is 7.84. The Balaban J connectivity index is 1.67. The lowest BCUT2D eigenvalue weighted by atomic mass is 9.73. The van der Waals surface area contributed by atoms with E-state index in [1.54, 1.807) is 6.26 Å². The number of benzene rings is 1. The zero-order valence-corrected chi connectivity index (χ0v) is 13.7. The zero-order valence-electron chi connectivity index (χ0n) is 12.9. The predicted octanol–water partition coefficient (Wildman–Crippen LogP) is 3.18. The molecule has 0 saturated heterocycles. The summed E-state index contributed by atoms with van der Waals surface area (Å²) in [7, 11) is -0.732. The van der Waals surface area contributed by atoms with Crippen LogP contribution in [-0.4, -0.2) is 27.9 Å². The molecular weight excluding hydrogens is 282 g/mol. The molecule has 1 aromatic carbocycles. The minimum atomic E-state index is -0.732. The number of hydrogen-bond donors (Lipinski definition) is 1. The maximum atomic E-state index is 11.4. The first-order valence-corrected chi connectivity index (χ1v) is 9.55. The normalized spacial score (nSPS) is 25.5. The fourth-order valence-electron chi connectivity index (χ4n) is 3.30. The summed E-state index contributed by atoms with van der Waals surface area (Å²) in [5.74, 6) is 1.05. The van der Waals surface area contributed by atoms with Crippen LogP contribution >= 0.6 is 0 Å². The van der Waals surface area contributed by atoms with Gasteiger partial charge in [0.05, 0.1) is 0 Å². The molecule has 2 aliphatic rings. The topological polar surface area (TPSA) is 38.3 Å². The Bertz CT molecular complexity index is 527. The van der Waals surface area contributed by atoms with Crippen molar-refractivity contribution in [3.63, 3.8) is 0 Å². The van der Waals surface area contributed by atoms with Crippen LogP contribution in [0.1, 0.15) is 50.6 Å². The highest BCUT2D eigenvalue weighted by Gasteiger charge is 2.45. The van der Waals surface area contributed by atoms with Gasteiger partial charge >= 0.3 is 0 Å². The number of fused-ring (bicyclic) bond motifs is 1. The molecule has 3 nitrogen and oxygen atoms in total. The molecule has 0 aromatic heterocycles. The van der Waals surface area contributed by atoms with Crippen molar-refractivity contribution in [3.8, 4) is 5.75 Å². The van der Waals surface area contributed by atoms with Crippen LogP contribution < -0.4 is 10.1 Å². The van der Waals surface area contributed by atoms with Gasteiger partial charge in [0.15, 0.2) is 0 Å². The Morgan fingerprint density at radius 3 is 2.86 bits per heavy atom. The van der Waals surface area contributed by atoms with Crippen molar-refractivity contribution in [1.29, 1.82) is 0 Å². The van der Waals surface area contributed by atoms with Gasteiger partial charge < -0.3 is 10.1 Å². The summed E-state index contributed by atoms with van der Waals surface area (Å²) >= 11 is 0. The summed E-state index contributed by atoms with van der Waals surface area (Å²) < 4.78 is 17.7. The third-order valence-corrected chi connectivity index (χ3v) is 6.34. The molecule has 1 heterocycles. The van der Waals surface area contributed by atoms with Crippen LogP contribution in [0.15, 0.2) is 24.3 Å². The molecule has 116 valence electrons. The van der Waals surface area contributed by atoms with E-state index in [1.165, 1.54) is 24.8 Å². The van der Waals surface area contributed by atoms with Gasteiger partial charge in [-0.15, -0.1) is 0 Å². The predicted molar refractivity (Wildman–Crippen MR) is 87.2 cm³/mol. The van der Waals surface area contributed by atoms with E-state index in [1.807, 2.05) is 0 Å². The number of nitrogens with one attached hydrogen (secondary N) is 1. The molecule has 1 aromatic rings. The Hall–Kier alpha value is -0.870. The molecule has 3 atom stereocenters. The van der Waals surface area contributed by atoms with Gasteiger partial charge in [0.25, 0.3) is 0 Å². The van der Waals surface area contributed by atoms with Crippen molar-refractivity contribution in [3.05, 3.63) is 29.8 Å². The summed E-state index contributed by atoms with van der Waals surface area (Å²) in [5, 5.41) is 3.93. The molecule has 4 heteroatoms. The van der Waals surface area contributed by atoms with E-state index in [-0.39, 0.29) is 10.9 Å². The van der Waals surface area contributed by atoms with Crippen LogP contribution in [0.5, 0.6) is 5.75 Å². The molecule has 1 fully saturated rings. The van der Waals surface area contributed by atoms with Crippen molar-refractivity contribution < 1.29 is 8.95 Å². The maximum absolute atomic E-state index is 11.4. The van der Waals surface area contributed by atoms with E-state index in [0.29, 0.717) is 6.04 Å². The summed E-state index contributed by atoms with van der Waals surface area (Å²) in [6.07, 6.45) is 7.44. The van der Waals surface area contributed by atoms with Crippen molar-refractivity contribution >= 4 is 10.8 Å². The monoisotopic (exact) mass is 307 g/mol. The van der Waals surface area contributed by atoms with Crippen LogP contribution in [0.25, 0.3) is 0 Å². The van der Waals surface area contributed by atoms with Gasteiger partial charge in [-0.1, -0.05) is 25.1 Å². The zero-order chi connectivity index (χ0) is 14.9. The second-order valence-corrected chi connectivity index (χ2v) is 8.29. The second-order valence-electron chi connectivity index (χ2n) is 6.49. The van der Waals surface area contributed by atoms with E-state index in [4.69, 9.17) is 4.74 Å². The minimum Gasteiger partial charge on any atom is -0.487 e. The molecule has 0 amide bonds. The molecule has 1 saturated carbocycles. The Labute approximate surface area is 129 Å². The van der Waals surface area contributed by atoms with Gasteiger partial charge in [-0.3, -0.25) is 4.21 Å². The molecular formula is C17H25NO2S. The van der Waals surface area contributed by atoms with Crippen molar-refractivity contribution in [2.24, 2.45) is 0 Å². The molecule has 1 N–H and O–H groups in total. The molecule has 1 aliphatic carbocycles. The Morgan fingerprint density at radius 1 is 1.43 bits per heavy atom. The van der Waals surface area contributed by atoms with Crippen LogP contribution in [0, 0.1) is 0 Å². The SMILES string of the molecule is C[C@@H](CCN[C@@H]1CC2(CCC2)Oc2ccccc21)[S@@](C)=O. The van der Waals surface area contributed by atoms with E-state index in [9.17, 15) is 4.21 Å². The molecule has 21 heavy (non-hydrogen) atoms. The number of ether oxygens (including phenoxy) is 1. The molecule has 0 unspecified atom stereocenters. The Kier molecular flexibility index (Phi) is 4.36. The average Bonchev–Trinajstić information content (AvgIpc) is 2.45. The first-order valence-electron chi connectivity index (χ1n) is 7.93. The molecule has 1 aliphatic heterocycles. The van der Waals surface area contributed by atoms with Crippen LogP contribution in [0.4, 0.5) is 0 Å². The lowest BCUT2D eigenvalue weighted by molar-refractivity contribution is -0.0368. The first kappa shape index (κ1) is 15.0. The van der Waals surface area contributed by atoms with Crippen LogP contribution in [0.3, 0.4) is 0 Å². The summed E-state index contributed by atoms with van der Waals surface area (Å²) in [6.45, 7) is 2.97. The highest BCUT2D eigenvalue weighted by atomic mass is 32.2. The smallest absolute Gasteiger partial charge is 0.124 e. The maximum Gasteiger partial charge on any atom is 0.124 e. The van der Waals surface area contributed by atoms with Crippen molar-refractivity contribution in [2.45, 2.75) is 55.9 Å². The van der Waals surface area contributed by atoms with Gasteiger partial charge in [0, 0.05) is 40.3 Å². The largest absolute Gasteiger partial charge is 0.487 e. The second kappa shape index (κ2) is 6.09. The van der Waals surface area contributed by atoms with E-state index >= 15 is 0 Å². The quantitative estimate of drug-likeness (QED) is 0.908. The molecule has 3 rings (SSSR count). The highest BCUT2D eigenvalue weighted by Crippen LogP contribution is 2.48. The Morgan fingerprint density at radius 2 is 2.19 bits per heavy atom. The van der Waals surface area contributed by atoms with Crippen LogP contribution in [-0.2, 0) is 10.8 Å². The third-order valence-electron chi connectivity index (χ3n) is 4.97. The molecule has 0 radical (unpaired) electrons. The van der Waals surface area contributed by atoms with E-state index in [0.717, 1.165) is 25.1 Å². The van der Waals surface area contributed by atoms with E-state index in [2.05, 4.69) is 36.5 Å². The fourth-order valence-corrected chi connectivity index (χ4v) is 3.75. The standard InChI is InChI=1S/C17H25NO2S/c1-13(21(2)19)8-11-18-15-12-17(9-5-10-17)20-16-7-4-3-6-14(15)16/h3-4,6-7,13,15,18H,5,8-12H2,1-2H3/t13-,15+,21+/m0/s1. The number of para-hydroxylation sites is 1. The molecule has 1 spiro atoms. The third kappa shape index (κ3) is 3.16.